The monoisotopic (exact) mass is 336 g/mol. The molecular weight excluding hydrogens is 316 g/mol. The number of aromatic nitrogens is 1. The van der Waals surface area contributed by atoms with Gasteiger partial charge in [0, 0.05) is 38.0 Å². The van der Waals surface area contributed by atoms with Crippen LogP contribution in [0.5, 0.6) is 0 Å². The van der Waals surface area contributed by atoms with Gasteiger partial charge in [-0.3, -0.25) is 14.6 Å². The molecule has 1 atom stereocenters. The van der Waals surface area contributed by atoms with Crippen LogP contribution >= 0.6 is 0 Å². The van der Waals surface area contributed by atoms with Crippen LogP contribution in [-0.2, 0) is 11.2 Å². The second-order valence-corrected chi connectivity index (χ2v) is 5.63. The van der Waals surface area contributed by atoms with Crippen LogP contribution in [0.15, 0.2) is 54.9 Å². The van der Waals surface area contributed by atoms with E-state index < -0.39 is 6.04 Å². The molecule has 25 heavy (non-hydrogen) atoms. The fraction of sp³-hybridized carbons (Fsp3) is 0.263. The third-order valence-electron chi connectivity index (χ3n) is 3.74. The normalized spacial score (nSPS) is 11.2. The van der Waals surface area contributed by atoms with E-state index in [1.54, 1.807) is 49.8 Å². The zero-order chi connectivity index (χ0) is 18.1. The molecular formula is C19H20N4O2. The maximum absolute atomic E-state index is 12.7. The van der Waals surface area contributed by atoms with Crippen LogP contribution in [0, 0.1) is 11.3 Å². The second-order valence-electron chi connectivity index (χ2n) is 5.63. The van der Waals surface area contributed by atoms with E-state index in [1.807, 2.05) is 18.2 Å². The van der Waals surface area contributed by atoms with Crippen molar-refractivity contribution in [1.29, 1.82) is 5.26 Å². The molecule has 6 heteroatoms. The SMILES string of the molecule is CN(CCC#N)C(=O)[C@H](Cc1cccnc1)NC(=O)c1ccccc1. The molecule has 0 radical (unpaired) electrons. The number of nitriles is 1. The Morgan fingerprint density at radius 2 is 2.00 bits per heavy atom. The Morgan fingerprint density at radius 1 is 1.24 bits per heavy atom. The van der Waals surface area contributed by atoms with Crippen molar-refractivity contribution >= 4 is 11.8 Å². The van der Waals surface area contributed by atoms with Crippen LogP contribution in [0.1, 0.15) is 22.3 Å². The lowest BCUT2D eigenvalue weighted by Crippen LogP contribution is -2.48. The molecule has 1 aromatic heterocycles. The zero-order valence-corrected chi connectivity index (χ0v) is 14.1. The molecule has 0 aliphatic rings. The van der Waals surface area contributed by atoms with Crippen LogP contribution < -0.4 is 5.32 Å². The van der Waals surface area contributed by atoms with Gasteiger partial charge in [-0.05, 0) is 23.8 Å². The molecule has 1 N–H and O–H groups in total. The van der Waals surface area contributed by atoms with Crippen LogP contribution in [0.2, 0.25) is 0 Å². The zero-order valence-electron chi connectivity index (χ0n) is 14.1. The molecule has 2 amide bonds. The number of pyridine rings is 1. The van der Waals surface area contributed by atoms with Crippen LogP contribution in [0.25, 0.3) is 0 Å². The fourth-order valence-corrected chi connectivity index (χ4v) is 2.38. The van der Waals surface area contributed by atoms with Gasteiger partial charge in [0.05, 0.1) is 12.5 Å². The van der Waals surface area contributed by atoms with E-state index >= 15 is 0 Å². The summed E-state index contributed by atoms with van der Waals surface area (Å²) in [5, 5.41) is 11.5. The highest BCUT2D eigenvalue weighted by atomic mass is 16.2. The average Bonchev–Trinajstić information content (AvgIpc) is 2.66. The number of nitrogens with zero attached hydrogens (tertiary/aromatic N) is 3. The number of rotatable bonds is 7. The minimum atomic E-state index is -0.722. The van der Waals surface area contributed by atoms with Crippen molar-refractivity contribution in [1.82, 2.24) is 15.2 Å². The molecule has 0 aliphatic carbocycles. The van der Waals surface area contributed by atoms with Gasteiger partial charge in [-0.2, -0.15) is 5.26 Å². The van der Waals surface area contributed by atoms with E-state index in [1.165, 1.54) is 4.90 Å². The lowest BCUT2D eigenvalue weighted by molar-refractivity contribution is -0.131. The Morgan fingerprint density at radius 3 is 2.64 bits per heavy atom. The minimum Gasteiger partial charge on any atom is -0.343 e. The number of nitrogens with one attached hydrogen (secondary N) is 1. The predicted molar refractivity (Wildman–Crippen MR) is 93.5 cm³/mol. The van der Waals surface area contributed by atoms with Gasteiger partial charge in [-0.25, -0.2) is 0 Å². The number of hydrogen-bond donors (Lipinski definition) is 1. The largest absolute Gasteiger partial charge is 0.343 e. The summed E-state index contributed by atoms with van der Waals surface area (Å²) < 4.78 is 0. The standard InChI is InChI=1S/C19H20N4O2/c1-23(12-6-10-20)19(25)17(13-15-7-5-11-21-14-15)22-18(24)16-8-3-2-4-9-16/h2-5,7-9,11,14,17H,6,12-13H2,1H3,(H,22,24)/t17-/m0/s1. The van der Waals surface area contributed by atoms with E-state index in [-0.39, 0.29) is 18.2 Å². The topological polar surface area (TPSA) is 86.1 Å². The van der Waals surface area contributed by atoms with Crippen LogP contribution in [0.4, 0.5) is 0 Å². The van der Waals surface area contributed by atoms with E-state index in [0.717, 1.165) is 5.56 Å². The van der Waals surface area contributed by atoms with Gasteiger partial charge in [-0.15, -0.1) is 0 Å². The van der Waals surface area contributed by atoms with Gasteiger partial charge in [-0.1, -0.05) is 24.3 Å². The first kappa shape index (κ1) is 18.1. The summed E-state index contributed by atoms with van der Waals surface area (Å²) in [6.45, 7) is 0.320. The van der Waals surface area contributed by atoms with Crippen LogP contribution in [-0.4, -0.2) is 41.3 Å². The van der Waals surface area contributed by atoms with Crippen LogP contribution in [0.3, 0.4) is 0 Å². The van der Waals surface area contributed by atoms with Crippen molar-refractivity contribution in [2.24, 2.45) is 0 Å². The van der Waals surface area contributed by atoms with Crippen molar-refractivity contribution in [2.45, 2.75) is 18.9 Å². The van der Waals surface area contributed by atoms with Gasteiger partial charge in [0.25, 0.3) is 5.91 Å². The molecule has 0 spiro atoms. The van der Waals surface area contributed by atoms with E-state index in [2.05, 4.69) is 10.3 Å². The Balaban J connectivity index is 2.15. The number of amides is 2. The third kappa shape index (κ3) is 5.43. The first-order valence-corrected chi connectivity index (χ1v) is 7.98. The molecule has 1 heterocycles. The summed E-state index contributed by atoms with van der Waals surface area (Å²) in [6, 6.07) is 13.7. The molecule has 0 unspecified atom stereocenters. The molecule has 2 rings (SSSR count). The van der Waals surface area contributed by atoms with Gasteiger partial charge in [0.1, 0.15) is 6.04 Å². The van der Waals surface area contributed by atoms with E-state index in [4.69, 9.17) is 5.26 Å². The van der Waals surface area contributed by atoms with Crippen molar-refractivity contribution in [3.63, 3.8) is 0 Å². The Labute approximate surface area is 147 Å². The highest BCUT2D eigenvalue weighted by Gasteiger charge is 2.24. The summed E-state index contributed by atoms with van der Waals surface area (Å²) in [5.74, 6) is -0.542. The minimum absolute atomic E-state index is 0.233. The molecule has 0 fully saturated rings. The molecule has 128 valence electrons. The maximum Gasteiger partial charge on any atom is 0.251 e. The molecule has 1 aromatic carbocycles. The summed E-state index contributed by atoms with van der Waals surface area (Å²) in [4.78, 5) is 30.7. The first-order valence-electron chi connectivity index (χ1n) is 7.98. The smallest absolute Gasteiger partial charge is 0.251 e. The summed E-state index contributed by atoms with van der Waals surface area (Å²) in [7, 11) is 1.63. The lowest BCUT2D eigenvalue weighted by Gasteiger charge is -2.24. The summed E-state index contributed by atoms with van der Waals surface area (Å²) in [5.41, 5.74) is 1.34. The van der Waals surface area contributed by atoms with E-state index in [9.17, 15) is 9.59 Å². The number of carbonyl (C=O) groups is 2. The number of likely N-dealkylation sites (N-methyl/N-ethyl adjacent to an activating group) is 1. The first-order chi connectivity index (χ1) is 12.1. The number of hydrogen-bond acceptors (Lipinski definition) is 4. The highest BCUT2D eigenvalue weighted by Crippen LogP contribution is 2.07. The second kappa shape index (κ2) is 9.18. The molecule has 0 bridgehead atoms. The van der Waals surface area contributed by atoms with Crippen molar-refractivity contribution in [2.75, 3.05) is 13.6 Å². The van der Waals surface area contributed by atoms with Gasteiger partial charge < -0.3 is 10.2 Å². The Kier molecular flexibility index (Phi) is 6.66. The van der Waals surface area contributed by atoms with Crippen molar-refractivity contribution < 1.29 is 9.59 Å². The summed E-state index contributed by atoms with van der Waals surface area (Å²) >= 11 is 0. The predicted octanol–water partition coefficient (Wildman–Crippen LogP) is 1.79. The third-order valence-corrected chi connectivity index (χ3v) is 3.74. The fourth-order valence-electron chi connectivity index (χ4n) is 2.38. The van der Waals surface area contributed by atoms with Gasteiger partial charge in [0.2, 0.25) is 5.91 Å². The number of benzene rings is 1. The Hall–Kier alpha value is -3.20. The van der Waals surface area contributed by atoms with Gasteiger partial charge in [0.15, 0.2) is 0 Å². The Bertz CT molecular complexity index is 741. The maximum atomic E-state index is 12.7. The molecule has 0 saturated carbocycles. The van der Waals surface area contributed by atoms with Crippen molar-refractivity contribution in [3.05, 3.63) is 66.0 Å². The molecule has 6 nitrogen and oxygen atoms in total. The number of carbonyl (C=O) groups excluding carboxylic acids is 2. The highest BCUT2D eigenvalue weighted by molar-refractivity contribution is 5.97. The molecule has 2 aromatic rings. The van der Waals surface area contributed by atoms with Gasteiger partial charge >= 0.3 is 0 Å². The molecule has 0 saturated heterocycles. The summed E-state index contributed by atoms with van der Waals surface area (Å²) in [6.07, 6.45) is 3.91. The average molecular weight is 336 g/mol. The van der Waals surface area contributed by atoms with Crippen molar-refractivity contribution in [3.8, 4) is 6.07 Å². The lowest BCUT2D eigenvalue weighted by atomic mass is 10.1. The van der Waals surface area contributed by atoms with E-state index in [0.29, 0.717) is 18.5 Å². The molecule has 0 aliphatic heterocycles. The quantitative estimate of drug-likeness (QED) is 0.835.